The van der Waals surface area contributed by atoms with Crippen molar-refractivity contribution in [3.8, 4) is 0 Å². The molecule has 0 aromatic rings. The first-order valence-electron chi connectivity index (χ1n) is 3.17. The van der Waals surface area contributed by atoms with Crippen LogP contribution in [0.5, 0.6) is 0 Å². The predicted octanol–water partition coefficient (Wildman–Crippen LogP) is -2.72. The summed E-state index contributed by atoms with van der Waals surface area (Å²) in [5.41, 5.74) is -2.74. The van der Waals surface area contributed by atoms with E-state index in [2.05, 4.69) is 0 Å². The average Bonchev–Trinajstić information content (AvgIpc) is 1.82. The van der Waals surface area contributed by atoms with Gasteiger partial charge >= 0.3 is 47.5 Å². The Hall–Kier alpha value is -0.151. The first-order chi connectivity index (χ1) is 5.78. The Morgan fingerprint density at radius 1 is 0.938 bits per heavy atom. The van der Waals surface area contributed by atoms with Gasteiger partial charge in [-0.1, -0.05) is 0 Å². The quantitative estimate of drug-likeness (QED) is 0.399. The van der Waals surface area contributed by atoms with Crippen LogP contribution in [0.25, 0.3) is 0 Å². The Bertz CT molecular complexity index is 239. The molecule has 8 nitrogen and oxygen atoms in total. The van der Waals surface area contributed by atoms with Crippen molar-refractivity contribution in [2.75, 3.05) is 0 Å². The van der Waals surface area contributed by atoms with Crippen molar-refractivity contribution in [3.63, 3.8) is 0 Å². The molecule has 0 bridgehead atoms. The molecule has 0 spiro atoms. The minimum atomic E-state index is -2.74. The topological polar surface area (TPSA) is 164 Å². The zero-order valence-electron chi connectivity index (χ0n) is 7.28. The van der Waals surface area contributed by atoms with Crippen molar-refractivity contribution < 1.29 is 57.4 Å². The second-order valence-electron chi connectivity index (χ2n) is 2.48. The van der Waals surface area contributed by atoms with Crippen molar-refractivity contribution in [3.05, 3.63) is 0 Å². The maximum atomic E-state index is 10.3. The zero-order valence-corrected chi connectivity index (χ0v) is 8.39. The second kappa shape index (κ2) is 10.0. The Morgan fingerprint density at radius 2 is 1.19 bits per heavy atom. The van der Waals surface area contributed by atoms with Gasteiger partial charge in [0.1, 0.15) is 0 Å². The van der Waals surface area contributed by atoms with Crippen molar-refractivity contribution in [1.82, 2.24) is 0 Å². The molecule has 0 amide bonds. The van der Waals surface area contributed by atoms with E-state index >= 15 is 0 Å². The number of rotatable bonds is 5. The molecule has 0 aliphatic heterocycles. The molecule has 0 aliphatic rings. The van der Waals surface area contributed by atoms with Crippen LogP contribution in [0, 0.1) is 0 Å². The molecule has 0 aliphatic carbocycles. The van der Waals surface area contributed by atoms with Crippen LogP contribution in [0.3, 0.4) is 0 Å². The van der Waals surface area contributed by atoms with Crippen molar-refractivity contribution in [1.29, 1.82) is 0 Å². The molecule has 0 heterocycles. The molecule has 0 aromatic heterocycles. The van der Waals surface area contributed by atoms with Crippen LogP contribution >= 0.6 is 0 Å². The standard InChI is InChI=1S/C6H8O7.Fe.Na.H2O.H/c7-3(8)1-6(13,5(11)12)2-4(9)10;;;;/h13H,1-2H2,(H,7,8)(H,9,10)(H,11,12);;;1H2;. The van der Waals surface area contributed by atoms with Crippen LogP contribution < -0.4 is 0 Å². The molecule has 92 valence electrons. The number of carboxylic acids is 3. The summed E-state index contributed by atoms with van der Waals surface area (Å²) in [5.74, 6) is -5.02. The van der Waals surface area contributed by atoms with Gasteiger partial charge in [-0.05, 0) is 0 Å². The molecule has 0 atom stereocenters. The number of carbonyl (C=O) groups is 3. The Kier molecular flexibility index (Phi) is 15.6. The first kappa shape index (κ1) is 24.9. The van der Waals surface area contributed by atoms with E-state index in [0.29, 0.717) is 0 Å². The van der Waals surface area contributed by atoms with E-state index in [4.69, 9.17) is 20.4 Å². The van der Waals surface area contributed by atoms with E-state index in [1.165, 1.54) is 0 Å². The molecule has 16 heavy (non-hydrogen) atoms. The zero-order chi connectivity index (χ0) is 10.6. The van der Waals surface area contributed by atoms with Crippen molar-refractivity contribution in [2.24, 2.45) is 0 Å². The molecule has 0 rings (SSSR count). The molecule has 0 radical (unpaired) electrons. The Morgan fingerprint density at radius 3 is 1.31 bits per heavy atom. The normalized spacial score (nSPS) is 8.81. The predicted molar refractivity (Wildman–Crippen MR) is 47.9 cm³/mol. The van der Waals surface area contributed by atoms with Crippen LogP contribution in [0.15, 0.2) is 0 Å². The van der Waals surface area contributed by atoms with E-state index in [-0.39, 0.29) is 52.1 Å². The number of hydrogen-bond acceptors (Lipinski definition) is 4. The molecular formula is C6H11FeNaO8. The van der Waals surface area contributed by atoms with Gasteiger partial charge in [-0.25, -0.2) is 4.79 Å². The van der Waals surface area contributed by atoms with E-state index in [9.17, 15) is 14.4 Å². The van der Waals surface area contributed by atoms with Gasteiger partial charge in [0.05, 0.1) is 12.8 Å². The average molecular weight is 290 g/mol. The summed E-state index contributed by atoms with van der Waals surface area (Å²) < 4.78 is 0. The summed E-state index contributed by atoms with van der Waals surface area (Å²) in [6.45, 7) is 0. The summed E-state index contributed by atoms with van der Waals surface area (Å²) in [6.07, 6.45) is -2.29. The number of aliphatic hydroxyl groups is 1. The Labute approximate surface area is 123 Å². The fourth-order valence-corrected chi connectivity index (χ4v) is 0.714. The van der Waals surface area contributed by atoms with E-state index in [1.807, 2.05) is 0 Å². The molecule has 0 aromatic carbocycles. The number of carboxylic acid groups (broad SMARTS) is 3. The van der Waals surface area contributed by atoms with E-state index < -0.39 is 36.4 Å². The molecular weight excluding hydrogens is 279 g/mol. The summed E-state index contributed by atoms with van der Waals surface area (Å²) in [7, 11) is 0. The van der Waals surface area contributed by atoms with Gasteiger partial charge in [-0.2, -0.15) is 0 Å². The van der Waals surface area contributed by atoms with Gasteiger partial charge < -0.3 is 25.9 Å². The van der Waals surface area contributed by atoms with Gasteiger partial charge in [0.2, 0.25) is 0 Å². The Balaban J connectivity index is -0.000000240. The second-order valence-corrected chi connectivity index (χ2v) is 2.48. The van der Waals surface area contributed by atoms with Gasteiger partial charge in [-0.3, -0.25) is 9.59 Å². The number of aliphatic carboxylic acids is 3. The van der Waals surface area contributed by atoms with Crippen LogP contribution in [-0.4, -0.2) is 79.0 Å². The summed E-state index contributed by atoms with van der Waals surface area (Å²) in [5, 5.41) is 33.8. The maximum absolute atomic E-state index is 10.3. The van der Waals surface area contributed by atoms with Crippen molar-refractivity contribution in [2.45, 2.75) is 18.4 Å². The van der Waals surface area contributed by atoms with Crippen LogP contribution in [-0.2, 0) is 31.5 Å². The van der Waals surface area contributed by atoms with Crippen LogP contribution in [0.4, 0.5) is 0 Å². The summed E-state index contributed by atoms with van der Waals surface area (Å²) in [4.78, 5) is 30.5. The molecule has 6 N–H and O–H groups in total. The third-order valence-corrected chi connectivity index (χ3v) is 1.29. The van der Waals surface area contributed by atoms with Crippen LogP contribution in [0.1, 0.15) is 12.8 Å². The molecule has 0 fully saturated rings. The third-order valence-electron chi connectivity index (χ3n) is 1.29. The fraction of sp³-hybridized carbons (Fsp3) is 0.500. The van der Waals surface area contributed by atoms with Crippen molar-refractivity contribution >= 4 is 47.5 Å². The van der Waals surface area contributed by atoms with Crippen LogP contribution in [0.2, 0.25) is 0 Å². The SMILES string of the molecule is O.O=C(O)CC(O)(CC(=O)O)C(=O)O.[Fe].[NaH]. The van der Waals surface area contributed by atoms with E-state index in [0.717, 1.165) is 0 Å². The molecule has 0 unspecified atom stereocenters. The number of hydrogen-bond donors (Lipinski definition) is 4. The third kappa shape index (κ3) is 9.10. The fourth-order valence-electron chi connectivity index (χ4n) is 0.714. The minimum absolute atomic E-state index is 0. The summed E-state index contributed by atoms with van der Waals surface area (Å²) in [6, 6.07) is 0. The van der Waals surface area contributed by atoms with Gasteiger partial charge in [0, 0.05) is 17.1 Å². The molecule has 0 saturated carbocycles. The molecule has 0 saturated heterocycles. The summed E-state index contributed by atoms with van der Waals surface area (Å²) >= 11 is 0. The van der Waals surface area contributed by atoms with Gasteiger partial charge in [0.15, 0.2) is 5.60 Å². The first-order valence-corrected chi connectivity index (χ1v) is 3.17. The van der Waals surface area contributed by atoms with Gasteiger partial charge in [0.25, 0.3) is 0 Å². The molecule has 10 heteroatoms. The van der Waals surface area contributed by atoms with Gasteiger partial charge in [-0.15, -0.1) is 0 Å². The monoisotopic (exact) mass is 290 g/mol. The van der Waals surface area contributed by atoms with E-state index in [1.54, 1.807) is 0 Å².